The van der Waals surface area contributed by atoms with Gasteiger partial charge >= 0.3 is 24.1 Å². The number of rotatable bonds is 11. The second-order valence-corrected chi connectivity index (χ2v) is 9.06. The van der Waals surface area contributed by atoms with Gasteiger partial charge in [-0.2, -0.15) is 0 Å². The van der Waals surface area contributed by atoms with E-state index in [4.69, 9.17) is 24.7 Å². The third-order valence-corrected chi connectivity index (χ3v) is 6.45. The quantitative estimate of drug-likeness (QED) is 0.327. The summed E-state index contributed by atoms with van der Waals surface area (Å²) in [7, 11) is 0. The van der Waals surface area contributed by atoms with E-state index in [1.54, 1.807) is 33.8 Å². The molecule has 1 aromatic rings. The Morgan fingerprint density at radius 3 is 2.11 bits per heavy atom. The molecule has 3 unspecified atom stereocenters. The van der Waals surface area contributed by atoms with Crippen LogP contribution in [0.15, 0.2) is 18.2 Å². The van der Waals surface area contributed by atoms with Gasteiger partial charge in [-0.05, 0) is 50.3 Å². The van der Waals surface area contributed by atoms with E-state index in [0.29, 0.717) is 5.56 Å². The maximum atomic E-state index is 12.4. The molecule has 0 aliphatic heterocycles. The Kier molecular flexibility index (Phi) is 11.2. The minimum absolute atomic E-state index is 0.0266. The molecule has 3 N–H and O–H groups in total. The second-order valence-electron chi connectivity index (χ2n) is 9.06. The van der Waals surface area contributed by atoms with Gasteiger partial charge in [-0.1, -0.05) is 33.3 Å². The number of hydrogen-bond acceptors (Lipinski definition) is 9. The number of carboxylic acids is 1. The maximum absolute atomic E-state index is 12.4. The molecule has 0 heterocycles. The lowest BCUT2D eigenvalue weighted by molar-refractivity contribution is -0.140. The van der Waals surface area contributed by atoms with E-state index in [1.165, 1.54) is 12.1 Å². The van der Waals surface area contributed by atoms with Crippen molar-refractivity contribution in [2.75, 3.05) is 0 Å². The van der Waals surface area contributed by atoms with Crippen LogP contribution in [0.1, 0.15) is 84.1 Å². The van der Waals surface area contributed by atoms with Crippen molar-refractivity contribution in [1.29, 1.82) is 0 Å². The summed E-state index contributed by atoms with van der Waals surface area (Å²) in [6, 6.07) is 3.05. The van der Waals surface area contributed by atoms with Crippen molar-refractivity contribution in [1.82, 2.24) is 0 Å². The molecular weight excluding hydrogens is 470 g/mol. The Morgan fingerprint density at radius 2 is 1.56 bits per heavy atom. The minimum Gasteiger partial charge on any atom is -0.480 e. The summed E-state index contributed by atoms with van der Waals surface area (Å²) in [5.41, 5.74) is 6.49. The molecule has 1 aliphatic carbocycles. The molecule has 0 saturated heterocycles. The van der Waals surface area contributed by atoms with Gasteiger partial charge in [0.2, 0.25) is 0 Å². The molecule has 200 valence electrons. The lowest BCUT2D eigenvalue weighted by atomic mass is 9.79. The highest BCUT2D eigenvalue weighted by molar-refractivity contribution is 5.77. The molecule has 1 fully saturated rings. The van der Waals surface area contributed by atoms with Gasteiger partial charge in [-0.15, -0.1) is 0 Å². The first-order valence-electron chi connectivity index (χ1n) is 12.5. The topological polar surface area (TPSA) is 151 Å². The van der Waals surface area contributed by atoms with Crippen molar-refractivity contribution >= 4 is 24.1 Å². The largest absolute Gasteiger partial charge is 0.508 e. The molecule has 4 atom stereocenters. The first-order valence-corrected chi connectivity index (χ1v) is 12.5. The van der Waals surface area contributed by atoms with Gasteiger partial charge < -0.3 is 29.8 Å². The van der Waals surface area contributed by atoms with Crippen molar-refractivity contribution in [3.8, 4) is 11.5 Å². The number of carbonyl (C=O) groups is 4. The fourth-order valence-corrected chi connectivity index (χ4v) is 4.18. The second kappa shape index (κ2) is 13.8. The summed E-state index contributed by atoms with van der Waals surface area (Å²) >= 11 is 0. The van der Waals surface area contributed by atoms with E-state index in [0.717, 1.165) is 32.1 Å². The van der Waals surface area contributed by atoms with E-state index in [1.807, 2.05) is 0 Å². The Morgan fingerprint density at radius 1 is 0.972 bits per heavy atom. The number of ether oxygens (including phenoxy) is 4. The highest BCUT2D eigenvalue weighted by Gasteiger charge is 2.36. The minimum atomic E-state index is -1.36. The van der Waals surface area contributed by atoms with E-state index < -0.39 is 48.0 Å². The number of esters is 2. The summed E-state index contributed by atoms with van der Waals surface area (Å²) in [6.07, 6.45) is 3.15. The lowest BCUT2D eigenvalue weighted by Gasteiger charge is -2.32. The van der Waals surface area contributed by atoms with Crippen LogP contribution in [0.4, 0.5) is 4.79 Å². The third-order valence-electron chi connectivity index (χ3n) is 6.45. The molecule has 0 aromatic heterocycles. The van der Waals surface area contributed by atoms with Crippen LogP contribution in [0.5, 0.6) is 11.5 Å². The van der Waals surface area contributed by atoms with Crippen LogP contribution >= 0.6 is 0 Å². The first-order chi connectivity index (χ1) is 17.1. The molecule has 0 amide bonds. The SMILES string of the molecule is CCC(=O)Oc1ccc(C(C(C)C(C)OC(=O)OC2CCCCC2)[C@H](N)C(=O)O)cc1OC(=O)CC. The molecule has 36 heavy (non-hydrogen) atoms. The molecule has 1 saturated carbocycles. The number of hydrogen-bond donors (Lipinski definition) is 2. The fourth-order valence-electron chi connectivity index (χ4n) is 4.18. The van der Waals surface area contributed by atoms with E-state index in [2.05, 4.69) is 0 Å². The summed E-state index contributed by atoms with van der Waals surface area (Å²) in [4.78, 5) is 48.1. The molecular formula is C26H37NO9. The monoisotopic (exact) mass is 507 g/mol. The number of carbonyl (C=O) groups excluding carboxylic acids is 3. The van der Waals surface area contributed by atoms with Gasteiger partial charge in [0.25, 0.3) is 0 Å². The van der Waals surface area contributed by atoms with Crippen molar-refractivity contribution in [3.05, 3.63) is 23.8 Å². The number of benzene rings is 1. The zero-order valence-corrected chi connectivity index (χ0v) is 21.4. The highest BCUT2D eigenvalue weighted by Crippen LogP contribution is 2.37. The average molecular weight is 508 g/mol. The molecule has 1 aromatic carbocycles. The first kappa shape index (κ1) is 29.1. The maximum Gasteiger partial charge on any atom is 0.508 e. The Hall–Kier alpha value is -3.14. The number of carboxylic acid groups (broad SMARTS) is 1. The fraction of sp³-hybridized carbons (Fsp3) is 0.615. The smallest absolute Gasteiger partial charge is 0.480 e. The Labute approximate surface area is 211 Å². The third kappa shape index (κ3) is 8.22. The van der Waals surface area contributed by atoms with E-state index in [-0.39, 0.29) is 30.4 Å². The number of nitrogens with two attached hydrogens (primary N) is 1. The van der Waals surface area contributed by atoms with Crippen LogP contribution < -0.4 is 15.2 Å². The molecule has 1 aliphatic rings. The predicted molar refractivity (Wildman–Crippen MR) is 130 cm³/mol. The molecule has 10 nitrogen and oxygen atoms in total. The summed E-state index contributed by atoms with van der Waals surface area (Å²) < 4.78 is 21.5. The lowest BCUT2D eigenvalue weighted by Crippen LogP contribution is -2.43. The van der Waals surface area contributed by atoms with Crippen molar-refractivity contribution in [3.63, 3.8) is 0 Å². The molecule has 2 rings (SSSR count). The normalized spacial score (nSPS) is 17.2. The molecule has 10 heteroatoms. The van der Waals surface area contributed by atoms with Crippen LogP contribution in [0.3, 0.4) is 0 Å². The highest BCUT2D eigenvalue weighted by atomic mass is 16.7. The van der Waals surface area contributed by atoms with Crippen molar-refractivity contribution < 1.29 is 43.2 Å². The zero-order chi connectivity index (χ0) is 26.8. The number of aliphatic carboxylic acids is 1. The van der Waals surface area contributed by atoms with Gasteiger partial charge in [0.1, 0.15) is 18.2 Å². The van der Waals surface area contributed by atoms with Crippen molar-refractivity contribution in [2.45, 2.75) is 96.8 Å². The Bertz CT molecular complexity index is 926. The van der Waals surface area contributed by atoms with Crippen LogP contribution in [0.2, 0.25) is 0 Å². The van der Waals surface area contributed by atoms with Gasteiger partial charge in [0, 0.05) is 24.7 Å². The van der Waals surface area contributed by atoms with Crippen LogP contribution in [0, 0.1) is 5.92 Å². The average Bonchev–Trinajstić information content (AvgIpc) is 2.85. The molecule has 0 spiro atoms. The standard InChI is InChI=1S/C26H37NO9/c1-5-21(28)35-19-13-12-17(14-20(19)36-22(29)6-2)23(24(27)25(30)31)15(3)16(4)33-26(32)34-18-10-8-7-9-11-18/h12-16,18,23-24H,5-11,27H2,1-4H3,(H,30,31)/t15?,16?,23?,24-/m0/s1. The van der Waals surface area contributed by atoms with Gasteiger partial charge in [-0.3, -0.25) is 14.4 Å². The summed E-state index contributed by atoms with van der Waals surface area (Å²) in [6.45, 7) is 6.60. The van der Waals surface area contributed by atoms with Gasteiger partial charge in [-0.25, -0.2) is 4.79 Å². The van der Waals surface area contributed by atoms with Gasteiger partial charge in [0.05, 0.1) is 0 Å². The summed E-state index contributed by atoms with van der Waals surface area (Å²) in [5.74, 6) is -3.73. The Balaban J connectivity index is 2.31. The van der Waals surface area contributed by atoms with Gasteiger partial charge in [0.15, 0.2) is 11.5 Å². The van der Waals surface area contributed by atoms with Crippen molar-refractivity contribution in [2.24, 2.45) is 11.7 Å². The summed E-state index contributed by atoms with van der Waals surface area (Å²) in [5, 5.41) is 9.69. The van der Waals surface area contributed by atoms with Crippen LogP contribution in [-0.2, 0) is 23.9 Å². The predicted octanol–water partition coefficient (Wildman–Crippen LogP) is 4.32. The zero-order valence-electron chi connectivity index (χ0n) is 21.4. The van der Waals surface area contributed by atoms with Crippen LogP contribution in [0.25, 0.3) is 0 Å². The van der Waals surface area contributed by atoms with Crippen LogP contribution in [-0.4, -0.2) is 47.4 Å². The molecule has 0 bridgehead atoms. The molecule has 0 radical (unpaired) electrons. The van der Waals surface area contributed by atoms with E-state index in [9.17, 15) is 24.3 Å². The van der Waals surface area contributed by atoms with E-state index >= 15 is 0 Å².